The molecule has 470 valence electrons. The molecular weight excluding hydrogens is 1120 g/mol. The first-order valence-electron chi connectivity index (χ1n) is 30.0. The van der Waals surface area contributed by atoms with Gasteiger partial charge in [0.15, 0.2) is 5.96 Å². The number of hydrogen-bond acceptors (Lipinski definition) is 12. The molecule has 26 heteroatoms. The van der Waals surface area contributed by atoms with E-state index in [0.717, 1.165) is 39.4 Å². The molecule has 2 fully saturated rings. The number of para-hydroxylation sites is 1. The zero-order valence-corrected chi connectivity index (χ0v) is 49.8. The van der Waals surface area contributed by atoms with Gasteiger partial charge in [0.2, 0.25) is 65.0 Å². The molecule has 87 heavy (non-hydrogen) atoms. The summed E-state index contributed by atoms with van der Waals surface area (Å²) in [6.45, 7) is 4.27. The maximum atomic E-state index is 15.3. The quantitative estimate of drug-likeness (QED) is 0.0321. The Morgan fingerprint density at radius 1 is 0.724 bits per heavy atom. The van der Waals surface area contributed by atoms with Gasteiger partial charge in [-0.05, 0) is 79.3 Å². The third-order valence-corrected chi connectivity index (χ3v) is 15.3. The number of aromatic amines is 1. The van der Waals surface area contributed by atoms with Crippen molar-refractivity contribution in [3.8, 4) is 0 Å². The summed E-state index contributed by atoms with van der Waals surface area (Å²) in [7, 11) is 0. The number of rotatable bonds is 20. The van der Waals surface area contributed by atoms with E-state index in [0.29, 0.717) is 30.4 Å². The van der Waals surface area contributed by atoms with Crippen molar-refractivity contribution >= 4 is 92.6 Å². The molecular formula is C61H85N15O11. The van der Waals surface area contributed by atoms with E-state index >= 15 is 14.4 Å². The molecule has 11 amide bonds. The molecule has 16 N–H and O–H groups in total. The summed E-state index contributed by atoms with van der Waals surface area (Å²) in [5.74, 6) is -8.37. The number of aliphatic imine (C=N–C) groups is 1. The van der Waals surface area contributed by atoms with Crippen LogP contribution in [-0.4, -0.2) is 155 Å². The van der Waals surface area contributed by atoms with Crippen LogP contribution in [0.4, 0.5) is 0 Å². The number of aromatic nitrogens is 1. The number of carbonyl (C=O) groups is 11. The van der Waals surface area contributed by atoms with E-state index in [-0.39, 0.29) is 95.7 Å². The molecule has 2 aliphatic heterocycles. The lowest BCUT2D eigenvalue weighted by molar-refractivity contribution is -0.143. The largest absolute Gasteiger partial charge is 0.370 e. The smallest absolute Gasteiger partial charge is 0.246 e. The number of nitrogens with two attached hydrogens (primary N) is 3. The van der Waals surface area contributed by atoms with Crippen LogP contribution in [0.15, 0.2) is 77.9 Å². The molecule has 3 heterocycles. The third-order valence-electron chi connectivity index (χ3n) is 15.3. The highest BCUT2D eigenvalue weighted by atomic mass is 16.2. The zero-order valence-electron chi connectivity index (χ0n) is 49.8. The summed E-state index contributed by atoms with van der Waals surface area (Å²) in [6.07, 6.45) is 4.93. The van der Waals surface area contributed by atoms with Crippen molar-refractivity contribution < 1.29 is 52.7 Å². The molecule has 2 aliphatic rings. The minimum atomic E-state index is -1.63. The fraction of sp³-hybridized carbons (Fsp3) is 0.508. The van der Waals surface area contributed by atoms with E-state index in [9.17, 15) is 38.4 Å². The molecule has 0 radical (unpaired) electrons. The van der Waals surface area contributed by atoms with Crippen molar-refractivity contribution in [2.75, 3.05) is 26.2 Å². The number of guanidine groups is 1. The van der Waals surface area contributed by atoms with E-state index in [4.69, 9.17) is 17.2 Å². The van der Waals surface area contributed by atoms with Gasteiger partial charge in [0.25, 0.3) is 0 Å². The number of H-pyrrole nitrogens is 1. The van der Waals surface area contributed by atoms with Crippen LogP contribution in [0.3, 0.4) is 0 Å². The lowest BCUT2D eigenvalue weighted by Gasteiger charge is -2.31. The Morgan fingerprint density at radius 2 is 1.43 bits per heavy atom. The topological polar surface area (TPSA) is 405 Å². The lowest BCUT2D eigenvalue weighted by Crippen LogP contribution is -2.60. The Balaban J connectivity index is 1.43. The van der Waals surface area contributed by atoms with Gasteiger partial charge in [-0.2, -0.15) is 0 Å². The van der Waals surface area contributed by atoms with Crippen LogP contribution in [0.2, 0.25) is 0 Å². The van der Waals surface area contributed by atoms with Gasteiger partial charge < -0.3 is 74.9 Å². The lowest BCUT2D eigenvalue weighted by atomic mass is 9.99. The Hall–Kier alpha value is -9.10. The summed E-state index contributed by atoms with van der Waals surface area (Å²) in [4.78, 5) is 163. The van der Waals surface area contributed by atoms with Crippen molar-refractivity contribution in [1.29, 1.82) is 0 Å². The molecule has 0 saturated carbocycles. The Kier molecular flexibility index (Phi) is 25.9. The first kappa shape index (κ1) is 67.0. The SMILES string of the molecule is CCCCCC(=O)N[C@H]1C[C@H]2C(=O)N[C@H](Cc3ccc4ccccc4c3)C(=O)N[C@@H](CCCN=C(N)N)C(=O)N[C@@H](Cc3c[nH]c4ccccc34)C(=O)NCC(=O)N[C@H](C(N)=O)CCCCNC(=O)C[C@H](NC(=O)[C@H](CCCC)NC(C)=O)C(=O)N2C1. The molecule has 0 unspecified atom stereocenters. The van der Waals surface area contributed by atoms with Gasteiger partial charge in [-0.25, -0.2) is 0 Å². The monoisotopic (exact) mass is 1200 g/mol. The first-order valence-corrected chi connectivity index (χ1v) is 30.0. The number of primary amides is 1. The third kappa shape index (κ3) is 20.8. The maximum Gasteiger partial charge on any atom is 0.246 e. The molecule has 8 atom stereocenters. The highest BCUT2D eigenvalue weighted by molar-refractivity contribution is 6.00. The fourth-order valence-electron chi connectivity index (χ4n) is 10.8. The van der Waals surface area contributed by atoms with Crippen LogP contribution in [0.25, 0.3) is 21.7 Å². The Morgan fingerprint density at radius 3 is 2.16 bits per heavy atom. The molecule has 3 aromatic carbocycles. The first-order chi connectivity index (χ1) is 41.7. The molecule has 4 aromatic rings. The number of carbonyl (C=O) groups excluding carboxylic acids is 11. The number of nitrogens with zero attached hydrogens (tertiary/aromatic N) is 2. The molecule has 2 saturated heterocycles. The van der Waals surface area contributed by atoms with Crippen LogP contribution in [0, 0.1) is 0 Å². The average molecular weight is 1200 g/mol. The second kappa shape index (κ2) is 33.6. The van der Waals surface area contributed by atoms with E-state index < -0.39 is 120 Å². The van der Waals surface area contributed by atoms with Gasteiger partial charge in [0, 0.05) is 69.0 Å². The maximum absolute atomic E-state index is 15.3. The highest BCUT2D eigenvalue weighted by Gasteiger charge is 2.44. The van der Waals surface area contributed by atoms with Crippen molar-refractivity contribution in [3.63, 3.8) is 0 Å². The van der Waals surface area contributed by atoms with E-state index in [2.05, 4.69) is 57.8 Å². The predicted octanol–water partition coefficient (Wildman–Crippen LogP) is 0.236. The second-order valence-electron chi connectivity index (χ2n) is 22.3. The van der Waals surface area contributed by atoms with Gasteiger partial charge in [-0.15, -0.1) is 0 Å². The number of nitrogens with one attached hydrogen (secondary N) is 10. The molecule has 26 nitrogen and oxygen atoms in total. The fourth-order valence-corrected chi connectivity index (χ4v) is 10.8. The van der Waals surface area contributed by atoms with E-state index in [1.165, 1.54) is 6.92 Å². The van der Waals surface area contributed by atoms with Gasteiger partial charge >= 0.3 is 0 Å². The Labute approximate surface area is 505 Å². The average Bonchev–Trinajstić information content (AvgIpc) is 2.98. The van der Waals surface area contributed by atoms with Crippen molar-refractivity contribution in [1.82, 2.24) is 57.7 Å². The number of hydrogen-bond donors (Lipinski definition) is 13. The van der Waals surface area contributed by atoms with Crippen LogP contribution in [0.5, 0.6) is 0 Å². The summed E-state index contributed by atoms with van der Waals surface area (Å²) in [6, 6.07) is 9.81. The minimum Gasteiger partial charge on any atom is -0.370 e. The van der Waals surface area contributed by atoms with Crippen LogP contribution < -0.4 is 65.1 Å². The number of fused-ring (bicyclic) bond motifs is 3. The van der Waals surface area contributed by atoms with Crippen LogP contribution in [0.1, 0.15) is 122 Å². The second-order valence-corrected chi connectivity index (χ2v) is 22.3. The van der Waals surface area contributed by atoms with Crippen molar-refractivity contribution in [3.05, 3.63) is 84.1 Å². The van der Waals surface area contributed by atoms with Gasteiger partial charge in [-0.3, -0.25) is 57.7 Å². The molecule has 6 rings (SSSR count). The van der Waals surface area contributed by atoms with Crippen LogP contribution in [-0.2, 0) is 65.6 Å². The number of unbranched alkanes of at least 4 members (excludes halogenated alkanes) is 3. The highest BCUT2D eigenvalue weighted by Crippen LogP contribution is 2.24. The van der Waals surface area contributed by atoms with Crippen LogP contribution >= 0.6 is 0 Å². The summed E-state index contributed by atoms with van der Waals surface area (Å²) < 4.78 is 0. The van der Waals surface area contributed by atoms with Gasteiger partial charge in [0.05, 0.1) is 13.0 Å². The predicted molar refractivity (Wildman–Crippen MR) is 326 cm³/mol. The standard InChI is InChI=1S/C61H85N15O11/c1-4-6-8-23-51(78)70-41-31-50-59(86)74-47(29-37-24-25-38-16-9-10-17-39(38)28-37)58(85)72-46(22-15-27-66-61(63)64)57(84)73-48(30-40-33-67-43-20-12-11-18-42(40)43)55(82)68-34-53(80)71-44(54(62)81)21-13-14-26-65-52(79)32-49(60(87)76(50)35-41)75-56(83)45(19-7-5-2)69-36(3)77/h9-12,16-18,20,24-25,28,33,41,44-50,67H,4-8,13-15,19,21-23,26-27,29-32,34-35H2,1-3H3,(H2,62,81)(H,65,79)(H,68,82)(H,69,77)(H,70,78)(H,71,80)(H,72,85)(H,73,84)(H,74,86)(H,75,83)(H4,63,64,66)/t41-,44-,45-,46-,47+,48-,49-,50-/m0/s1. The summed E-state index contributed by atoms with van der Waals surface area (Å²) in [5, 5.41) is 27.0. The van der Waals surface area contributed by atoms with E-state index in [1.54, 1.807) is 18.3 Å². The normalized spacial score (nSPS) is 21.9. The van der Waals surface area contributed by atoms with Gasteiger partial charge in [-0.1, -0.05) is 100 Å². The molecule has 1 aromatic heterocycles. The minimum absolute atomic E-state index is 0.0103. The van der Waals surface area contributed by atoms with Crippen molar-refractivity contribution in [2.24, 2.45) is 22.2 Å². The van der Waals surface area contributed by atoms with Crippen molar-refractivity contribution in [2.45, 2.75) is 172 Å². The Bertz CT molecular complexity index is 3130. The number of amides is 11. The molecule has 0 spiro atoms. The van der Waals surface area contributed by atoms with Gasteiger partial charge in [0.1, 0.15) is 42.3 Å². The summed E-state index contributed by atoms with van der Waals surface area (Å²) >= 11 is 0. The summed E-state index contributed by atoms with van der Waals surface area (Å²) in [5.41, 5.74) is 19.0. The molecule has 0 bridgehead atoms. The van der Waals surface area contributed by atoms with E-state index in [1.807, 2.05) is 68.4 Å². The number of benzene rings is 3. The molecule has 0 aliphatic carbocycles. The zero-order chi connectivity index (χ0) is 63.0.